The summed E-state index contributed by atoms with van der Waals surface area (Å²) in [6.45, 7) is 3.49. The summed E-state index contributed by atoms with van der Waals surface area (Å²) in [7, 11) is 0. The van der Waals surface area contributed by atoms with Crippen LogP contribution in [0.1, 0.15) is 26.3 Å². The lowest BCUT2D eigenvalue weighted by Gasteiger charge is -2.11. The van der Waals surface area contributed by atoms with Crippen molar-refractivity contribution in [1.29, 1.82) is 0 Å². The number of fused-ring (bicyclic) bond motifs is 1. The van der Waals surface area contributed by atoms with E-state index in [2.05, 4.69) is 10.4 Å². The fourth-order valence-electron chi connectivity index (χ4n) is 2.68. The quantitative estimate of drug-likeness (QED) is 0.604. The number of carbonyl (C=O) groups excluding carboxylic acids is 2. The number of carbonyl (C=O) groups is 2. The van der Waals surface area contributed by atoms with E-state index in [9.17, 15) is 14.4 Å². The zero-order valence-electron chi connectivity index (χ0n) is 15.3. The number of hydrogen-bond acceptors (Lipinski definition) is 6. The van der Waals surface area contributed by atoms with Crippen molar-refractivity contribution in [2.75, 3.05) is 11.9 Å². The predicted molar refractivity (Wildman–Crippen MR) is 102 cm³/mol. The third-order valence-electron chi connectivity index (χ3n) is 3.96. The van der Waals surface area contributed by atoms with Gasteiger partial charge in [-0.1, -0.05) is 11.6 Å². The van der Waals surface area contributed by atoms with Gasteiger partial charge in [-0.25, -0.2) is 9.48 Å². The fraction of sp³-hybridized carbons (Fsp3) is 0.333. The molecule has 0 fully saturated rings. The highest BCUT2D eigenvalue weighted by Crippen LogP contribution is 2.18. The van der Waals surface area contributed by atoms with Crippen LogP contribution in [0.5, 0.6) is 0 Å². The van der Waals surface area contributed by atoms with Gasteiger partial charge in [-0.05, 0) is 26.0 Å². The lowest BCUT2D eigenvalue weighted by molar-refractivity contribution is -0.147. The summed E-state index contributed by atoms with van der Waals surface area (Å²) in [5.74, 6) is -1.16. The molecule has 148 valence electrons. The molecule has 0 saturated heterocycles. The summed E-state index contributed by atoms with van der Waals surface area (Å²) in [4.78, 5) is 35.8. The number of oxazole rings is 1. The van der Waals surface area contributed by atoms with Crippen molar-refractivity contribution in [3.8, 4) is 0 Å². The van der Waals surface area contributed by atoms with Gasteiger partial charge in [-0.3, -0.25) is 14.2 Å². The van der Waals surface area contributed by atoms with Gasteiger partial charge in [0.25, 0.3) is 5.91 Å². The zero-order chi connectivity index (χ0) is 20.3. The van der Waals surface area contributed by atoms with Gasteiger partial charge in [-0.2, -0.15) is 5.10 Å². The summed E-state index contributed by atoms with van der Waals surface area (Å²) in [5.41, 5.74) is 0.869. The number of rotatable bonds is 7. The maximum Gasteiger partial charge on any atom is 0.419 e. The number of esters is 1. The Labute approximate surface area is 164 Å². The summed E-state index contributed by atoms with van der Waals surface area (Å²) < 4.78 is 13.0. The van der Waals surface area contributed by atoms with E-state index in [0.29, 0.717) is 21.9 Å². The number of amides is 1. The molecule has 1 amide bonds. The van der Waals surface area contributed by atoms with Crippen LogP contribution in [0.4, 0.5) is 5.82 Å². The first kappa shape index (κ1) is 19.7. The van der Waals surface area contributed by atoms with E-state index in [1.807, 2.05) is 13.8 Å². The minimum atomic E-state index is -0.609. The highest BCUT2D eigenvalue weighted by molar-refractivity contribution is 6.31. The molecule has 0 aliphatic rings. The van der Waals surface area contributed by atoms with E-state index in [0.717, 1.165) is 0 Å². The first-order valence-electron chi connectivity index (χ1n) is 8.63. The second-order valence-corrected chi connectivity index (χ2v) is 6.78. The molecular formula is C18H19ClN4O5. The minimum Gasteiger partial charge on any atom is -0.456 e. The normalized spacial score (nSPS) is 11.1. The van der Waals surface area contributed by atoms with Gasteiger partial charge in [-0.15, -0.1) is 0 Å². The molecule has 10 heteroatoms. The number of nitrogens with one attached hydrogen (secondary N) is 1. The number of ether oxygens (including phenoxy) is 1. The first-order chi connectivity index (χ1) is 13.3. The molecule has 0 saturated carbocycles. The van der Waals surface area contributed by atoms with Crippen LogP contribution in [0, 0.1) is 0 Å². The van der Waals surface area contributed by atoms with E-state index in [4.69, 9.17) is 20.8 Å². The first-order valence-corrected chi connectivity index (χ1v) is 9.01. The Kier molecular flexibility index (Phi) is 5.84. The minimum absolute atomic E-state index is 0.0635. The van der Waals surface area contributed by atoms with Crippen LogP contribution in [-0.2, 0) is 20.9 Å². The molecule has 0 radical (unpaired) electrons. The van der Waals surface area contributed by atoms with E-state index >= 15 is 0 Å². The molecule has 3 rings (SSSR count). The Morgan fingerprint density at radius 1 is 1.32 bits per heavy atom. The van der Waals surface area contributed by atoms with Crippen molar-refractivity contribution < 1.29 is 18.7 Å². The van der Waals surface area contributed by atoms with Gasteiger partial charge in [0.05, 0.1) is 18.1 Å². The Balaban J connectivity index is 1.52. The summed E-state index contributed by atoms with van der Waals surface area (Å²) >= 11 is 5.87. The van der Waals surface area contributed by atoms with Crippen LogP contribution in [-0.4, -0.2) is 32.8 Å². The third kappa shape index (κ3) is 4.42. The molecule has 3 aromatic rings. The fourth-order valence-corrected chi connectivity index (χ4v) is 2.84. The maximum absolute atomic E-state index is 12.0. The van der Waals surface area contributed by atoms with Crippen LogP contribution in [0.3, 0.4) is 0 Å². The maximum atomic E-state index is 12.0. The van der Waals surface area contributed by atoms with Crippen molar-refractivity contribution in [3.63, 3.8) is 0 Å². The van der Waals surface area contributed by atoms with E-state index in [1.54, 1.807) is 29.1 Å². The van der Waals surface area contributed by atoms with Crippen molar-refractivity contribution >= 4 is 40.4 Å². The molecule has 2 aromatic heterocycles. The van der Waals surface area contributed by atoms with E-state index < -0.39 is 24.2 Å². The second kappa shape index (κ2) is 8.30. The number of benzene rings is 1. The topological polar surface area (TPSA) is 108 Å². The third-order valence-corrected chi connectivity index (χ3v) is 4.20. The van der Waals surface area contributed by atoms with Gasteiger partial charge in [0.2, 0.25) is 0 Å². The van der Waals surface area contributed by atoms with Crippen LogP contribution in [0.25, 0.3) is 11.1 Å². The van der Waals surface area contributed by atoms with Crippen molar-refractivity contribution in [2.24, 2.45) is 0 Å². The van der Waals surface area contributed by atoms with Crippen LogP contribution in [0.15, 0.2) is 39.7 Å². The van der Waals surface area contributed by atoms with E-state index in [1.165, 1.54) is 10.6 Å². The van der Waals surface area contributed by atoms with Crippen LogP contribution < -0.4 is 11.1 Å². The second-order valence-electron chi connectivity index (χ2n) is 6.35. The number of aryl methyl sites for hydroxylation is 1. The molecule has 1 N–H and O–H groups in total. The van der Waals surface area contributed by atoms with Crippen molar-refractivity contribution in [1.82, 2.24) is 14.3 Å². The Bertz CT molecular complexity index is 1070. The Morgan fingerprint density at radius 3 is 2.86 bits per heavy atom. The summed E-state index contributed by atoms with van der Waals surface area (Å²) in [5, 5.41) is 7.18. The Hall–Kier alpha value is -3.07. The van der Waals surface area contributed by atoms with Gasteiger partial charge >= 0.3 is 11.7 Å². The average Bonchev–Trinajstić information content (AvgIpc) is 3.21. The zero-order valence-corrected chi connectivity index (χ0v) is 16.1. The lowest BCUT2D eigenvalue weighted by Crippen LogP contribution is -2.24. The number of hydrogen-bond donors (Lipinski definition) is 1. The molecule has 0 bridgehead atoms. The highest BCUT2D eigenvalue weighted by atomic mass is 35.5. The molecule has 0 atom stereocenters. The van der Waals surface area contributed by atoms with Gasteiger partial charge in [0, 0.05) is 29.7 Å². The van der Waals surface area contributed by atoms with E-state index in [-0.39, 0.29) is 19.0 Å². The SMILES string of the molecule is CC(C)n1nccc1NC(=O)COC(=O)CCn1c(=O)oc2cc(Cl)ccc21. The largest absolute Gasteiger partial charge is 0.456 e. The standard InChI is InChI=1S/C18H19ClN4O5/c1-11(2)23-15(5-7-20-23)21-16(24)10-27-17(25)6-8-22-13-4-3-12(19)9-14(13)28-18(22)26/h3-5,7,9,11H,6,8,10H2,1-2H3,(H,21,24). The number of nitrogens with zero attached hydrogens (tertiary/aromatic N) is 3. The Morgan fingerprint density at radius 2 is 2.11 bits per heavy atom. The molecule has 2 heterocycles. The molecule has 0 aliphatic carbocycles. The molecule has 9 nitrogen and oxygen atoms in total. The predicted octanol–water partition coefficient (Wildman–Crippen LogP) is 2.60. The summed E-state index contributed by atoms with van der Waals surface area (Å²) in [6, 6.07) is 6.52. The lowest BCUT2D eigenvalue weighted by atomic mass is 10.3. The monoisotopic (exact) mass is 406 g/mol. The molecule has 0 unspecified atom stereocenters. The number of halogens is 1. The number of aromatic nitrogens is 3. The molecular weight excluding hydrogens is 388 g/mol. The number of anilines is 1. The molecule has 28 heavy (non-hydrogen) atoms. The molecule has 1 aromatic carbocycles. The van der Waals surface area contributed by atoms with Crippen LogP contribution in [0.2, 0.25) is 5.02 Å². The van der Waals surface area contributed by atoms with Gasteiger partial charge < -0.3 is 14.5 Å². The van der Waals surface area contributed by atoms with Crippen molar-refractivity contribution in [2.45, 2.75) is 32.9 Å². The van der Waals surface area contributed by atoms with Crippen molar-refractivity contribution in [3.05, 3.63) is 46.0 Å². The molecule has 0 aliphatic heterocycles. The average molecular weight is 407 g/mol. The highest BCUT2D eigenvalue weighted by Gasteiger charge is 2.14. The van der Waals surface area contributed by atoms with Gasteiger partial charge in [0.1, 0.15) is 5.82 Å². The van der Waals surface area contributed by atoms with Gasteiger partial charge in [0.15, 0.2) is 12.2 Å². The van der Waals surface area contributed by atoms with Crippen LogP contribution >= 0.6 is 11.6 Å². The smallest absolute Gasteiger partial charge is 0.419 e. The summed E-state index contributed by atoms with van der Waals surface area (Å²) in [6.07, 6.45) is 1.48. The molecule has 0 spiro atoms.